The van der Waals surface area contributed by atoms with E-state index in [0.29, 0.717) is 11.5 Å². The highest BCUT2D eigenvalue weighted by molar-refractivity contribution is 5.28. The average Bonchev–Trinajstić information content (AvgIpc) is 2.08. The van der Waals surface area contributed by atoms with E-state index in [1.165, 1.54) is 6.07 Å². The van der Waals surface area contributed by atoms with Gasteiger partial charge in [-0.25, -0.2) is 4.39 Å². The van der Waals surface area contributed by atoms with Crippen LogP contribution in [0.25, 0.3) is 0 Å². The third-order valence-electron chi connectivity index (χ3n) is 2.48. The molecule has 14 heavy (non-hydrogen) atoms. The molecular weight excluding hydrogens is 181 g/mol. The maximum absolute atomic E-state index is 12.9. The van der Waals surface area contributed by atoms with Gasteiger partial charge in [-0.3, -0.25) is 0 Å². The van der Waals surface area contributed by atoms with Crippen LogP contribution in [0.15, 0.2) is 18.2 Å². The Morgan fingerprint density at radius 2 is 2.29 bits per heavy atom. The van der Waals surface area contributed by atoms with Crippen LogP contribution in [0, 0.1) is 18.7 Å². The Hall–Kier alpha value is -1.09. The molecule has 2 nitrogen and oxygen atoms in total. The SMILES string of the molecule is Cc1cc(OCC2CNC2)ccc1F. The van der Waals surface area contributed by atoms with Crippen molar-refractivity contribution in [2.45, 2.75) is 6.92 Å². The zero-order chi connectivity index (χ0) is 9.97. The summed E-state index contributed by atoms with van der Waals surface area (Å²) in [6.45, 7) is 4.52. The van der Waals surface area contributed by atoms with E-state index >= 15 is 0 Å². The van der Waals surface area contributed by atoms with Crippen molar-refractivity contribution >= 4 is 0 Å². The summed E-state index contributed by atoms with van der Waals surface area (Å²) in [6.07, 6.45) is 0. The van der Waals surface area contributed by atoms with Gasteiger partial charge in [-0.2, -0.15) is 0 Å². The first-order chi connectivity index (χ1) is 6.75. The van der Waals surface area contributed by atoms with E-state index in [4.69, 9.17) is 4.74 Å². The Morgan fingerprint density at radius 3 is 2.86 bits per heavy atom. The molecule has 1 heterocycles. The third-order valence-corrected chi connectivity index (χ3v) is 2.48. The van der Waals surface area contributed by atoms with Crippen molar-refractivity contribution in [3.63, 3.8) is 0 Å². The van der Waals surface area contributed by atoms with Crippen molar-refractivity contribution in [3.05, 3.63) is 29.6 Å². The van der Waals surface area contributed by atoms with E-state index in [9.17, 15) is 4.39 Å². The smallest absolute Gasteiger partial charge is 0.126 e. The lowest BCUT2D eigenvalue weighted by molar-refractivity contribution is 0.199. The summed E-state index contributed by atoms with van der Waals surface area (Å²) in [4.78, 5) is 0. The molecule has 1 aliphatic heterocycles. The summed E-state index contributed by atoms with van der Waals surface area (Å²) < 4.78 is 18.4. The van der Waals surface area contributed by atoms with Crippen LogP contribution < -0.4 is 10.1 Å². The highest BCUT2D eigenvalue weighted by Crippen LogP contribution is 2.17. The Kier molecular flexibility index (Phi) is 2.68. The van der Waals surface area contributed by atoms with Gasteiger partial charge < -0.3 is 10.1 Å². The van der Waals surface area contributed by atoms with Gasteiger partial charge in [0.25, 0.3) is 0 Å². The lowest BCUT2D eigenvalue weighted by atomic mass is 10.1. The zero-order valence-corrected chi connectivity index (χ0v) is 8.22. The lowest BCUT2D eigenvalue weighted by Crippen LogP contribution is -2.45. The van der Waals surface area contributed by atoms with Gasteiger partial charge >= 0.3 is 0 Å². The zero-order valence-electron chi connectivity index (χ0n) is 8.22. The van der Waals surface area contributed by atoms with Gasteiger partial charge in [-0.15, -0.1) is 0 Å². The molecule has 0 spiro atoms. The molecule has 2 rings (SSSR count). The average molecular weight is 195 g/mol. The number of hydrogen-bond acceptors (Lipinski definition) is 2. The fraction of sp³-hybridized carbons (Fsp3) is 0.455. The van der Waals surface area contributed by atoms with Gasteiger partial charge in [0.2, 0.25) is 0 Å². The maximum Gasteiger partial charge on any atom is 0.126 e. The summed E-state index contributed by atoms with van der Waals surface area (Å²) in [6, 6.07) is 4.86. The summed E-state index contributed by atoms with van der Waals surface area (Å²) in [7, 11) is 0. The molecule has 0 atom stereocenters. The third kappa shape index (κ3) is 2.04. The van der Waals surface area contributed by atoms with Crippen LogP contribution in [0.1, 0.15) is 5.56 Å². The van der Waals surface area contributed by atoms with E-state index in [0.717, 1.165) is 25.4 Å². The largest absolute Gasteiger partial charge is 0.493 e. The van der Waals surface area contributed by atoms with Gasteiger partial charge in [0.15, 0.2) is 0 Å². The highest BCUT2D eigenvalue weighted by atomic mass is 19.1. The first-order valence-electron chi connectivity index (χ1n) is 4.85. The van der Waals surface area contributed by atoms with Crippen molar-refractivity contribution in [1.82, 2.24) is 5.32 Å². The van der Waals surface area contributed by atoms with Gasteiger partial charge in [0.05, 0.1) is 6.61 Å². The molecule has 76 valence electrons. The van der Waals surface area contributed by atoms with Crippen molar-refractivity contribution in [3.8, 4) is 5.75 Å². The van der Waals surface area contributed by atoms with Crippen LogP contribution in [-0.4, -0.2) is 19.7 Å². The maximum atomic E-state index is 12.9. The van der Waals surface area contributed by atoms with Crippen molar-refractivity contribution in [2.75, 3.05) is 19.7 Å². The van der Waals surface area contributed by atoms with Crippen LogP contribution in [-0.2, 0) is 0 Å². The van der Waals surface area contributed by atoms with E-state index in [1.54, 1.807) is 19.1 Å². The molecule has 1 fully saturated rings. The molecule has 0 bridgehead atoms. The van der Waals surface area contributed by atoms with Gasteiger partial charge in [-0.1, -0.05) is 0 Å². The molecule has 1 aromatic rings. The number of rotatable bonds is 3. The number of hydrogen-bond donors (Lipinski definition) is 1. The van der Waals surface area contributed by atoms with Gasteiger partial charge in [0, 0.05) is 19.0 Å². The summed E-state index contributed by atoms with van der Waals surface area (Å²) >= 11 is 0. The van der Waals surface area contributed by atoms with Crippen molar-refractivity contribution in [2.24, 2.45) is 5.92 Å². The molecule has 1 aromatic carbocycles. The monoisotopic (exact) mass is 195 g/mol. The molecule has 0 unspecified atom stereocenters. The van der Waals surface area contributed by atoms with Crippen LogP contribution >= 0.6 is 0 Å². The second-order valence-electron chi connectivity index (χ2n) is 3.75. The summed E-state index contributed by atoms with van der Waals surface area (Å²) in [5.41, 5.74) is 0.634. The molecule has 3 heteroatoms. The van der Waals surface area contributed by atoms with E-state index in [-0.39, 0.29) is 5.82 Å². The number of ether oxygens (including phenoxy) is 1. The number of aryl methyl sites for hydroxylation is 1. The minimum Gasteiger partial charge on any atom is -0.493 e. The Balaban J connectivity index is 1.91. The normalized spacial score (nSPS) is 16.4. The Bertz CT molecular complexity index is 323. The molecule has 1 N–H and O–H groups in total. The molecule has 0 aliphatic carbocycles. The van der Waals surface area contributed by atoms with Crippen LogP contribution in [0.5, 0.6) is 5.75 Å². The molecule has 1 aliphatic rings. The molecule has 1 saturated heterocycles. The van der Waals surface area contributed by atoms with Crippen LogP contribution in [0.4, 0.5) is 4.39 Å². The Morgan fingerprint density at radius 1 is 1.50 bits per heavy atom. The number of nitrogens with one attached hydrogen (secondary N) is 1. The van der Waals surface area contributed by atoms with Crippen molar-refractivity contribution < 1.29 is 9.13 Å². The molecule has 0 radical (unpaired) electrons. The molecular formula is C11H14FNO. The lowest BCUT2D eigenvalue weighted by Gasteiger charge is -2.26. The van der Waals surface area contributed by atoms with E-state index in [1.807, 2.05) is 0 Å². The van der Waals surface area contributed by atoms with Gasteiger partial charge in [-0.05, 0) is 30.7 Å². The predicted molar refractivity (Wildman–Crippen MR) is 53.0 cm³/mol. The van der Waals surface area contributed by atoms with Crippen molar-refractivity contribution in [1.29, 1.82) is 0 Å². The molecule has 0 amide bonds. The van der Waals surface area contributed by atoms with E-state index < -0.39 is 0 Å². The number of benzene rings is 1. The second kappa shape index (κ2) is 3.96. The van der Waals surface area contributed by atoms with Gasteiger partial charge in [0.1, 0.15) is 11.6 Å². The minimum absolute atomic E-state index is 0.178. The number of halogens is 1. The fourth-order valence-corrected chi connectivity index (χ4v) is 1.39. The van der Waals surface area contributed by atoms with Crippen LogP contribution in [0.2, 0.25) is 0 Å². The highest BCUT2D eigenvalue weighted by Gasteiger charge is 2.17. The minimum atomic E-state index is -0.178. The second-order valence-corrected chi connectivity index (χ2v) is 3.75. The van der Waals surface area contributed by atoms with Crippen LogP contribution in [0.3, 0.4) is 0 Å². The molecule has 0 saturated carbocycles. The van der Waals surface area contributed by atoms with E-state index in [2.05, 4.69) is 5.32 Å². The summed E-state index contributed by atoms with van der Waals surface area (Å²) in [5.74, 6) is 1.19. The molecule has 0 aromatic heterocycles. The Labute approximate surface area is 83.1 Å². The standard InChI is InChI=1S/C11H14FNO/c1-8-4-10(2-3-11(8)12)14-7-9-5-13-6-9/h2-4,9,13H,5-7H2,1H3. The quantitative estimate of drug-likeness (QED) is 0.793. The first kappa shape index (κ1) is 9.46. The first-order valence-corrected chi connectivity index (χ1v) is 4.85. The fourth-order valence-electron chi connectivity index (χ4n) is 1.39. The summed E-state index contributed by atoms with van der Waals surface area (Å²) in [5, 5.41) is 3.18. The predicted octanol–water partition coefficient (Wildman–Crippen LogP) is 1.73. The topological polar surface area (TPSA) is 21.3 Å².